The zero-order valence-electron chi connectivity index (χ0n) is 13.6. The van der Waals surface area contributed by atoms with Crippen LogP contribution in [-0.2, 0) is 4.74 Å². The first-order valence-electron chi connectivity index (χ1n) is 7.77. The van der Waals surface area contributed by atoms with Crippen LogP contribution in [0.3, 0.4) is 0 Å². The standard InChI is InChI=1S/C16H32N2O/c1-14(2)11-12(16(5,6)19-14)13(17)15(3,4)18-9-7-8-10-18/h12-13H,7-11,17H2,1-6H3. The van der Waals surface area contributed by atoms with Crippen molar-refractivity contribution in [3.8, 4) is 0 Å². The van der Waals surface area contributed by atoms with Crippen LogP contribution < -0.4 is 5.73 Å². The van der Waals surface area contributed by atoms with E-state index in [1.807, 2.05) is 0 Å². The summed E-state index contributed by atoms with van der Waals surface area (Å²) in [5.41, 5.74) is 6.60. The minimum atomic E-state index is -0.125. The fourth-order valence-electron chi connectivity index (χ4n) is 4.16. The third kappa shape index (κ3) is 2.84. The maximum absolute atomic E-state index is 6.71. The fourth-order valence-corrected chi connectivity index (χ4v) is 4.16. The van der Waals surface area contributed by atoms with Gasteiger partial charge in [0.05, 0.1) is 11.2 Å². The lowest BCUT2D eigenvalue weighted by molar-refractivity contribution is -0.0816. The van der Waals surface area contributed by atoms with E-state index in [1.165, 1.54) is 25.9 Å². The zero-order valence-corrected chi connectivity index (χ0v) is 13.6. The van der Waals surface area contributed by atoms with E-state index in [-0.39, 0.29) is 22.8 Å². The Morgan fingerprint density at radius 1 is 1.16 bits per heavy atom. The highest BCUT2D eigenvalue weighted by Crippen LogP contribution is 2.45. The van der Waals surface area contributed by atoms with Gasteiger partial charge in [0.2, 0.25) is 0 Å². The van der Waals surface area contributed by atoms with Gasteiger partial charge in [0.1, 0.15) is 0 Å². The Kier molecular flexibility index (Phi) is 3.79. The number of hydrogen-bond acceptors (Lipinski definition) is 3. The van der Waals surface area contributed by atoms with E-state index >= 15 is 0 Å². The second-order valence-corrected chi connectivity index (χ2v) is 8.15. The largest absolute Gasteiger partial charge is 0.369 e. The first kappa shape index (κ1) is 15.3. The van der Waals surface area contributed by atoms with Crippen LogP contribution in [0, 0.1) is 5.92 Å². The van der Waals surface area contributed by atoms with Gasteiger partial charge in [-0.1, -0.05) is 0 Å². The van der Waals surface area contributed by atoms with Gasteiger partial charge in [0, 0.05) is 17.5 Å². The van der Waals surface area contributed by atoms with Crippen molar-refractivity contribution in [3.05, 3.63) is 0 Å². The normalized spacial score (nSPS) is 32.7. The second-order valence-electron chi connectivity index (χ2n) is 8.15. The molecule has 2 N–H and O–H groups in total. The molecule has 0 aromatic heterocycles. The molecule has 19 heavy (non-hydrogen) atoms. The lowest BCUT2D eigenvalue weighted by Gasteiger charge is -2.45. The van der Waals surface area contributed by atoms with Gasteiger partial charge in [-0.25, -0.2) is 0 Å². The molecule has 2 unspecified atom stereocenters. The number of rotatable bonds is 3. The number of hydrogen-bond donors (Lipinski definition) is 1. The summed E-state index contributed by atoms with van der Waals surface area (Å²) in [6.45, 7) is 15.8. The zero-order chi connectivity index (χ0) is 14.5. The third-order valence-electron chi connectivity index (χ3n) is 5.31. The molecule has 2 rings (SSSR count). The highest BCUT2D eigenvalue weighted by Gasteiger charge is 2.52. The minimum absolute atomic E-state index is 0.0487. The van der Waals surface area contributed by atoms with Gasteiger partial charge in [-0.2, -0.15) is 0 Å². The Bertz CT molecular complexity index is 330. The number of likely N-dealkylation sites (tertiary alicyclic amines) is 1. The average Bonchev–Trinajstić information content (AvgIpc) is 2.82. The molecule has 2 aliphatic rings. The van der Waals surface area contributed by atoms with Gasteiger partial charge in [0.15, 0.2) is 0 Å². The summed E-state index contributed by atoms with van der Waals surface area (Å²) in [7, 11) is 0. The summed E-state index contributed by atoms with van der Waals surface area (Å²) in [5.74, 6) is 0.415. The van der Waals surface area contributed by atoms with Crippen LogP contribution in [0.5, 0.6) is 0 Å². The van der Waals surface area contributed by atoms with Crippen LogP contribution >= 0.6 is 0 Å². The molecule has 0 spiro atoms. The molecule has 3 heteroatoms. The van der Waals surface area contributed by atoms with Gasteiger partial charge in [-0.3, -0.25) is 4.90 Å². The van der Waals surface area contributed by atoms with Crippen LogP contribution in [0.2, 0.25) is 0 Å². The molecule has 2 saturated heterocycles. The first-order valence-corrected chi connectivity index (χ1v) is 7.77. The molecule has 0 bridgehead atoms. The maximum atomic E-state index is 6.71. The van der Waals surface area contributed by atoms with Crippen molar-refractivity contribution in [2.45, 2.75) is 83.6 Å². The molecular formula is C16H32N2O. The van der Waals surface area contributed by atoms with Crippen LogP contribution in [0.1, 0.15) is 60.8 Å². The average molecular weight is 268 g/mol. The van der Waals surface area contributed by atoms with E-state index in [0.717, 1.165) is 6.42 Å². The molecule has 0 amide bonds. The van der Waals surface area contributed by atoms with Crippen LogP contribution in [-0.4, -0.2) is 40.8 Å². The Balaban J connectivity index is 2.16. The van der Waals surface area contributed by atoms with Crippen molar-refractivity contribution in [2.75, 3.05) is 13.1 Å². The van der Waals surface area contributed by atoms with Crippen molar-refractivity contribution >= 4 is 0 Å². The monoisotopic (exact) mass is 268 g/mol. The van der Waals surface area contributed by atoms with E-state index in [9.17, 15) is 0 Å². The molecule has 112 valence electrons. The van der Waals surface area contributed by atoms with E-state index in [1.54, 1.807) is 0 Å². The molecule has 0 aromatic rings. The predicted octanol–water partition coefficient (Wildman–Crippen LogP) is 2.78. The molecule has 3 nitrogen and oxygen atoms in total. The Hall–Kier alpha value is -0.120. The highest BCUT2D eigenvalue weighted by molar-refractivity contribution is 5.06. The molecular weight excluding hydrogens is 236 g/mol. The van der Waals surface area contributed by atoms with Crippen molar-refractivity contribution < 1.29 is 4.74 Å². The summed E-state index contributed by atoms with van der Waals surface area (Å²) in [6.07, 6.45) is 3.68. The SMILES string of the molecule is CC1(C)CC(C(N)C(C)(C)N2CCCC2)C(C)(C)O1. The number of nitrogens with two attached hydrogens (primary N) is 1. The molecule has 2 atom stereocenters. The van der Waals surface area contributed by atoms with E-state index in [2.05, 4.69) is 46.4 Å². The maximum Gasteiger partial charge on any atom is 0.0678 e. The molecule has 0 aromatic carbocycles. The third-order valence-corrected chi connectivity index (χ3v) is 5.31. The lowest BCUT2D eigenvalue weighted by Crippen LogP contribution is -2.60. The van der Waals surface area contributed by atoms with Crippen LogP contribution in [0.4, 0.5) is 0 Å². The Labute approximate surface area is 118 Å². The highest BCUT2D eigenvalue weighted by atomic mass is 16.5. The lowest BCUT2D eigenvalue weighted by atomic mass is 9.74. The molecule has 0 radical (unpaired) electrons. The van der Waals surface area contributed by atoms with Gasteiger partial charge in [-0.05, 0) is 73.9 Å². The molecule has 2 aliphatic heterocycles. The molecule has 2 heterocycles. The van der Waals surface area contributed by atoms with E-state index in [4.69, 9.17) is 10.5 Å². The smallest absolute Gasteiger partial charge is 0.0678 e. The number of nitrogens with zero attached hydrogens (tertiary/aromatic N) is 1. The van der Waals surface area contributed by atoms with Gasteiger partial charge in [0.25, 0.3) is 0 Å². The van der Waals surface area contributed by atoms with Gasteiger partial charge < -0.3 is 10.5 Å². The molecule has 2 fully saturated rings. The Morgan fingerprint density at radius 2 is 1.68 bits per heavy atom. The molecule has 0 saturated carbocycles. The summed E-state index contributed by atoms with van der Waals surface area (Å²) >= 11 is 0. The topological polar surface area (TPSA) is 38.5 Å². The van der Waals surface area contributed by atoms with Crippen LogP contribution in [0.25, 0.3) is 0 Å². The minimum Gasteiger partial charge on any atom is -0.369 e. The second kappa shape index (κ2) is 4.71. The van der Waals surface area contributed by atoms with Gasteiger partial charge in [-0.15, -0.1) is 0 Å². The summed E-state index contributed by atoms with van der Waals surface area (Å²) in [6, 6.07) is 0.155. The van der Waals surface area contributed by atoms with Crippen molar-refractivity contribution in [1.29, 1.82) is 0 Å². The van der Waals surface area contributed by atoms with Crippen molar-refractivity contribution in [2.24, 2.45) is 11.7 Å². The van der Waals surface area contributed by atoms with E-state index < -0.39 is 0 Å². The van der Waals surface area contributed by atoms with Crippen molar-refractivity contribution in [1.82, 2.24) is 4.90 Å². The van der Waals surface area contributed by atoms with E-state index in [0.29, 0.717) is 5.92 Å². The quantitative estimate of drug-likeness (QED) is 0.855. The summed E-state index contributed by atoms with van der Waals surface area (Å²) < 4.78 is 6.23. The van der Waals surface area contributed by atoms with Crippen molar-refractivity contribution in [3.63, 3.8) is 0 Å². The predicted molar refractivity (Wildman–Crippen MR) is 80.2 cm³/mol. The summed E-state index contributed by atoms with van der Waals surface area (Å²) in [5, 5.41) is 0. The molecule has 0 aliphatic carbocycles. The Morgan fingerprint density at radius 3 is 2.11 bits per heavy atom. The van der Waals surface area contributed by atoms with Crippen LogP contribution in [0.15, 0.2) is 0 Å². The summed E-state index contributed by atoms with van der Waals surface area (Å²) in [4.78, 5) is 2.57. The first-order chi connectivity index (χ1) is 8.56. The van der Waals surface area contributed by atoms with Gasteiger partial charge >= 0.3 is 0 Å². The fraction of sp³-hybridized carbons (Fsp3) is 1.00. The number of ether oxygens (including phenoxy) is 1.